The van der Waals surface area contributed by atoms with Crippen LogP contribution in [0.5, 0.6) is 0 Å². The lowest BCUT2D eigenvalue weighted by atomic mass is 9.86. The minimum absolute atomic E-state index is 0.0387. The van der Waals surface area contributed by atoms with E-state index in [0.29, 0.717) is 12.0 Å². The molecular formula is C16H22N2O. The number of carbonyl (C=O) groups excluding carboxylic acids is 1. The van der Waals surface area contributed by atoms with Gasteiger partial charge in [-0.1, -0.05) is 32.9 Å². The summed E-state index contributed by atoms with van der Waals surface area (Å²) in [5.74, 6) is -0.0387. The highest BCUT2D eigenvalue weighted by atomic mass is 16.2. The predicted octanol–water partition coefficient (Wildman–Crippen LogP) is 3.36. The molecule has 0 aliphatic heterocycles. The van der Waals surface area contributed by atoms with Gasteiger partial charge in [-0.15, -0.1) is 0 Å². The van der Waals surface area contributed by atoms with E-state index in [1.807, 2.05) is 31.2 Å². The second kappa shape index (κ2) is 5.88. The van der Waals surface area contributed by atoms with Crippen LogP contribution in [0.15, 0.2) is 24.3 Å². The monoisotopic (exact) mass is 258 g/mol. The molecule has 0 bridgehead atoms. The van der Waals surface area contributed by atoms with E-state index in [2.05, 4.69) is 26.8 Å². The molecule has 1 aromatic rings. The smallest absolute Gasteiger partial charge is 0.253 e. The van der Waals surface area contributed by atoms with Crippen molar-refractivity contribution in [2.24, 2.45) is 0 Å². The third kappa shape index (κ3) is 3.82. The number of benzene rings is 1. The van der Waals surface area contributed by atoms with Crippen molar-refractivity contribution in [3.63, 3.8) is 0 Å². The predicted molar refractivity (Wildman–Crippen MR) is 76.9 cm³/mol. The van der Waals surface area contributed by atoms with Gasteiger partial charge in [0.25, 0.3) is 5.91 Å². The minimum atomic E-state index is -0.0696. The van der Waals surface area contributed by atoms with Gasteiger partial charge in [-0.05, 0) is 30.0 Å². The summed E-state index contributed by atoms with van der Waals surface area (Å²) in [5, 5.41) is 8.68. The molecule has 0 radical (unpaired) electrons. The minimum Gasteiger partial charge on any atom is -0.338 e. The van der Waals surface area contributed by atoms with Gasteiger partial charge in [0.15, 0.2) is 0 Å². The maximum absolute atomic E-state index is 12.2. The third-order valence-electron chi connectivity index (χ3n) is 3.37. The highest BCUT2D eigenvalue weighted by Gasteiger charge is 2.18. The zero-order valence-electron chi connectivity index (χ0n) is 12.4. The molecule has 0 spiro atoms. The molecule has 3 heteroatoms. The standard InChI is InChI=1S/C16H22N2O/c1-12(10-11-17)18(5)15(19)13-6-8-14(9-7-13)16(2,3)4/h6-9,12H,10H2,1-5H3. The van der Waals surface area contributed by atoms with E-state index in [-0.39, 0.29) is 17.4 Å². The Morgan fingerprint density at radius 3 is 2.26 bits per heavy atom. The summed E-state index contributed by atoms with van der Waals surface area (Å²) in [6.45, 7) is 8.31. The highest BCUT2D eigenvalue weighted by Crippen LogP contribution is 2.22. The molecule has 0 saturated heterocycles. The largest absolute Gasteiger partial charge is 0.338 e. The molecular weight excluding hydrogens is 236 g/mol. The van der Waals surface area contributed by atoms with Crippen molar-refractivity contribution in [1.29, 1.82) is 5.26 Å². The van der Waals surface area contributed by atoms with E-state index < -0.39 is 0 Å². The third-order valence-corrected chi connectivity index (χ3v) is 3.37. The van der Waals surface area contributed by atoms with Crippen molar-refractivity contribution in [1.82, 2.24) is 4.90 Å². The summed E-state index contributed by atoms with van der Waals surface area (Å²) in [7, 11) is 1.74. The molecule has 0 aliphatic carbocycles. The summed E-state index contributed by atoms with van der Waals surface area (Å²) in [6.07, 6.45) is 0.350. The van der Waals surface area contributed by atoms with Crippen LogP contribution in [-0.4, -0.2) is 23.9 Å². The molecule has 102 valence electrons. The van der Waals surface area contributed by atoms with Crippen molar-refractivity contribution in [3.05, 3.63) is 35.4 Å². The number of amides is 1. The lowest BCUT2D eigenvalue weighted by molar-refractivity contribution is 0.0746. The summed E-state index contributed by atoms with van der Waals surface area (Å²) < 4.78 is 0. The lowest BCUT2D eigenvalue weighted by Gasteiger charge is -2.24. The molecule has 1 atom stereocenters. The van der Waals surface area contributed by atoms with Gasteiger partial charge in [0, 0.05) is 18.7 Å². The first kappa shape index (κ1) is 15.2. The van der Waals surface area contributed by atoms with Gasteiger partial charge < -0.3 is 4.90 Å². The molecule has 1 rings (SSSR count). The van der Waals surface area contributed by atoms with E-state index in [1.54, 1.807) is 11.9 Å². The fourth-order valence-electron chi connectivity index (χ4n) is 1.79. The normalized spacial score (nSPS) is 12.6. The topological polar surface area (TPSA) is 44.1 Å². The fourth-order valence-corrected chi connectivity index (χ4v) is 1.79. The maximum atomic E-state index is 12.2. The van der Waals surface area contributed by atoms with Crippen LogP contribution in [0.4, 0.5) is 0 Å². The van der Waals surface area contributed by atoms with Crippen LogP contribution in [0.1, 0.15) is 50.0 Å². The van der Waals surface area contributed by atoms with Crippen LogP contribution in [0, 0.1) is 11.3 Å². The van der Waals surface area contributed by atoms with Gasteiger partial charge in [-0.25, -0.2) is 0 Å². The Morgan fingerprint density at radius 2 is 1.84 bits per heavy atom. The van der Waals surface area contributed by atoms with Gasteiger partial charge in [-0.3, -0.25) is 4.79 Å². The van der Waals surface area contributed by atoms with Crippen molar-refractivity contribution in [3.8, 4) is 6.07 Å². The van der Waals surface area contributed by atoms with Crippen LogP contribution in [0.3, 0.4) is 0 Å². The van der Waals surface area contributed by atoms with Gasteiger partial charge in [-0.2, -0.15) is 5.26 Å². The molecule has 1 amide bonds. The number of hydrogen-bond donors (Lipinski definition) is 0. The highest BCUT2D eigenvalue weighted by molar-refractivity contribution is 5.94. The molecule has 0 aromatic heterocycles. The Labute approximate surface area is 115 Å². The van der Waals surface area contributed by atoms with E-state index in [0.717, 1.165) is 0 Å². The van der Waals surface area contributed by atoms with Gasteiger partial charge >= 0.3 is 0 Å². The number of nitriles is 1. The molecule has 0 N–H and O–H groups in total. The number of hydrogen-bond acceptors (Lipinski definition) is 2. The van der Waals surface area contributed by atoms with Gasteiger partial charge in [0.1, 0.15) is 0 Å². The zero-order chi connectivity index (χ0) is 14.6. The molecule has 1 aromatic carbocycles. The quantitative estimate of drug-likeness (QED) is 0.834. The van der Waals surface area contributed by atoms with Crippen molar-refractivity contribution in [2.45, 2.75) is 45.6 Å². The fraction of sp³-hybridized carbons (Fsp3) is 0.500. The van der Waals surface area contributed by atoms with Crippen molar-refractivity contribution in [2.75, 3.05) is 7.05 Å². The Bertz CT molecular complexity index is 477. The second-order valence-corrected chi connectivity index (χ2v) is 5.95. The number of nitrogens with zero attached hydrogens (tertiary/aromatic N) is 2. The Balaban J connectivity index is 2.87. The van der Waals surface area contributed by atoms with E-state index in [4.69, 9.17) is 5.26 Å². The molecule has 0 saturated carbocycles. The molecule has 0 aliphatic rings. The molecule has 0 heterocycles. The Kier molecular flexibility index (Phi) is 4.72. The average molecular weight is 258 g/mol. The summed E-state index contributed by atoms with van der Waals surface area (Å²) >= 11 is 0. The Hall–Kier alpha value is -1.82. The van der Waals surface area contributed by atoms with E-state index in [9.17, 15) is 4.79 Å². The van der Waals surface area contributed by atoms with Crippen molar-refractivity contribution < 1.29 is 4.79 Å². The van der Waals surface area contributed by atoms with Crippen LogP contribution < -0.4 is 0 Å². The van der Waals surface area contributed by atoms with Crippen LogP contribution >= 0.6 is 0 Å². The van der Waals surface area contributed by atoms with Crippen LogP contribution in [0.25, 0.3) is 0 Å². The lowest BCUT2D eigenvalue weighted by Crippen LogP contribution is -2.34. The summed E-state index contributed by atoms with van der Waals surface area (Å²) in [5.41, 5.74) is 1.96. The molecule has 19 heavy (non-hydrogen) atoms. The van der Waals surface area contributed by atoms with E-state index >= 15 is 0 Å². The van der Waals surface area contributed by atoms with Gasteiger partial charge in [0.2, 0.25) is 0 Å². The first-order chi connectivity index (χ1) is 8.77. The van der Waals surface area contributed by atoms with Crippen LogP contribution in [-0.2, 0) is 5.41 Å². The average Bonchev–Trinajstić information content (AvgIpc) is 2.36. The number of rotatable bonds is 3. The van der Waals surface area contributed by atoms with Crippen molar-refractivity contribution >= 4 is 5.91 Å². The van der Waals surface area contributed by atoms with Crippen LogP contribution in [0.2, 0.25) is 0 Å². The number of carbonyl (C=O) groups is 1. The second-order valence-electron chi connectivity index (χ2n) is 5.95. The Morgan fingerprint density at radius 1 is 1.32 bits per heavy atom. The molecule has 3 nitrogen and oxygen atoms in total. The SMILES string of the molecule is CC(CC#N)N(C)C(=O)c1ccc(C(C)(C)C)cc1. The molecule has 0 fully saturated rings. The zero-order valence-corrected chi connectivity index (χ0v) is 12.4. The maximum Gasteiger partial charge on any atom is 0.253 e. The first-order valence-electron chi connectivity index (χ1n) is 6.52. The molecule has 1 unspecified atom stereocenters. The van der Waals surface area contributed by atoms with E-state index in [1.165, 1.54) is 5.56 Å². The summed E-state index contributed by atoms with van der Waals surface area (Å²) in [4.78, 5) is 13.9. The van der Waals surface area contributed by atoms with Gasteiger partial charge in [0.05, 0.1) is 12.5 Å². The summed E-state index contributed by atoms with van der Waals surface area (Å²) in [6, 6.07) is 9.73. The first-order valence-corrected chi connectivity index (χ1v) is 6.52.